The Hall–Kier alpha value is -2.48. The average Bonchev–Trinajstić information content (AvgIpc) is 2.98. The summed E-state index contributed by atoms with van der Waals surface area (Å²) in [7, 11) is 0. The molecule has 2 aromatic carbocycles. The fourth-order valence-corrected chi connectivity index (χ4v) is 7.52. The van der Waals surface area contributed by atoms with Crippen LogP contribution in [-0.2, 0) is 9.59 Å². The summed E-state index contributed by atoms with van der Waals surface area (Å²) >= 11 is 0.0736. The van der Waals surface area contributed by atoms with Gasteiger partial charge in [-0.25, -0.2) is 8.78 Å². The summed E-state index contributed by atoms with van der Waals surface area (Å²) in [5.41, 5.74) is 0.517. The van der Waals surface area contributed by atoms with Crippen LogP contribution in [0.2, 0.25) is 8.87 Å². The topological polar surface area (TPSA) is 80.3 Å². The van der Waals surface area contributed by atoms with E-state index in [1.165, 1.54) is 114 Å². The maximum absolute atomic E-state index is 13.0. The summed E-state index contributed by atoms with van der Waals surface area (Å²) in [6, 6.07) is 11.9. The molecular formula is C36H50F2O4Sn. The van der Waals surface area contributed by atoms with Crippen LogP contribution >= 0.6 is 0 Å². The molecule has 43 heavy (non-hydrogen) atoms. The van der Waals surface area contributed by atoms with E-state index in [-0.39, 0.29) is 43.4 Å². The third kappa shape index (κ3) is 22.7. The predicted molar refractivity (Wildman–Crippen MR) is 172 cm³/mol. The quantitative estimate of drug-likeness (QED) is 0.0891. The summed E-state index contributed by atoms with van der Waals surface area (Å²) in [6.45, 7) is 7.33. The average molecular weight is 703 g/mol. The molecule has 0 N–H and O–H groups in total. The number of hydrogen-bond acceptors (Lipinski definition) is 4. The first-order valence-electron chi connectivity index (χ1n) is 15.6. The fraction of sp³-hybridized carbons (Fsp3) is 0.500. The van der Waals surface area contributed by atoms with Crippen LogP contribution in [0.1, 0.15) is 116 Å². The number of benzene rings is 2. The van der Waals surface area contributed by atoms with Gasteiger partial charge >= 0.3 is 121 Å². The molecule has 0 saturated carbocycles. The molecule has 4 nitrogen and oxygen atoms in total. The molecule has 0 bridgehead atoms. The standard InChI is InChI=1S/2C10H9FO2.2C8H17.Sn/c2*1-7(10(12)13)6-8-4-2-3-5-9(8)11;2*1-3-5-7-8-6-4-2;/h2*2-6H,1H3,(H,12,13);2*1,3-8H2,2H3;/q;;;;+2/p-2/b2*7-6+;;;. The van der Waals surface area contributed by atoms with Crippen molar-refractivity contribution in [3.63, 3.8) is 0 Å². The molecule has 0 atom stereocenters. The summed E-state index contributed by atoms with van der Waals surface area (Å²) < 4.78 is 29.2. The molecule has 0 aromatic heterocycles. The minimum absolute atomic E-state index is 0.00472. The van der Waals surface area contributed by atoms with E-state index in [9.17, 15) is 28.6 Å². The molecule has 2 rings (SSSR count). The van der Waals surface area contributed by atoms with Crippen molar-refractivity contribution in [1.29, 1.82) is 0 Å². The summed E-state index contributed by atoms with van der Waals surface area (Å²) in [5.74, 6) is -3.46. The summed E-state index contributed by atoms with van der Waals surface area (Å²) in [4.78, 5) is 20.6. The van der Waals surface area contributed by atoms with Crippen molar-refractivity contribution in [3.05, 3.63) is 82.4 Å². The van der Waals surface area contributed by atoms with Crippen LogP contribution in [0.5, 0.6) is 0 Å². The van der Waals surface area contributed by atoms with Crippen LogP contribution in [0, 0.1) is 11.6 Å². The minimum atomic E-state index is -1.29. The molecule has 0 saturated heterocycles. The van der Waals surface area contributed by atoms with E-state index < -0.39 is 23.6 Å². The van der Waals surface area contributed by atoms with E-state index in [1.54, 1.807) is 46.0 Å². The number of unbranched alkanes of at least 4 members (excludes halogenated alkanes) is 10. The molecule has 0 aliphatic rings. The van der Waals surface area contributed by atoms with Gasteiger partial charge in [0.05, 0.1) is 11.9 Å². The molecule has 7 heteroatoms. The van der Waals surface area contributed by atoms with Gasteiger partial charge in [-0.15, -0.1) is 0 Å². The van der Waals surface area contributed by atoms with Gasteiger partial charge in [0.1, 0.15) is 11.6 Å². The van der Waals surface area contributed by atoms with Crippen LogP contribution < -0.4 is 10.2 Å². The second-order valence-corrected chi connectivity index (χ2v) is 14.8. The van der Waals surface area contributed by atoms with Gasteiger partial charge in [0, 0.05) is 11.1 Å². The van der Waals surface area contributed by atoms with Crippen molar-refractivity contribution < 1.29 is 28.6 Å². The number of carboxylic acids is 2. The van der Waals surface area contributed by atoms with Gasteiger partial charge in [-0.3, -0.25) is 0 Å². The van der Waals surface area contributed by atoms with Gasteiger partial charge < -0.3 is 19.8 Å². The number of halogens is 2. The fourth-order valence-electron chi connectivity index (χ4n) is 3.95. The van der Waals surface area contributed by atoms with Gasteiger partial charge in [-0.05, 0) is 49.3 Å². The van der Waals surface area contributed by atoms with E-state index in [1.807, 2.05) is 0 Å². The Labute approximate surface area is 268 Å². The normalized spacial score (nSPS) is 11.0. The molecule has 0 amide bonds. The molecule has 0 fully saturated rings. The number of carbonyl (C=O) groups is 2. The Morgan fingerprint density at radius 3 is 1.26 bits per heavy atom. The number of rotatable bonds is 18. The zero-order valence-electron chi connectivity index (χ0n) is 26.6. The third-order valence-corrected chi connectivity index (χ3v) is 10.6. The zero-order valence-corrected chi connectivity index (χ0v) is 29.4. The van der Waals surface area contributed by atoms with Crippen molar-refractivity contribution in [2.45, 2.75) is 114 Å². The Morgan fingerprint density at radius 2 is 0.930 bits per heavy atom. The Bertz CT molecular complexity index is 1010. The molecule has 236 valence electrons. The van der Waals surface area contributed by atoms with Crippen molar-refractivity contribution in [1.82, 2.24) is 0 Å². The molecule has 0 heterocycles. The van der Waals surface area contributed by atoms with Gasteiger partial charge in [0.25, 0.3) is 0 Å². The van der Waals surface area contributed by atoms with Crippen LogP contribution in [0.25, 0.3) is 12.2 Å². The van der Waals surface area contributed by atoms with Gasteiger partial charge in [0.15, 0.2) is 0 Å². The number of carbonyl (C=O) groups excluding carboxylic acids is 2. The van der Waals surface area contributed by atoms with E-state index in [4.69, 9.17) is 0 Å². The second-order valence-electron chi connectivity index (χ2n) is 10.6. The number of hydrogen-bond donors (Lipinski definition) is 0. The van der Waals surface area contributed by atoms with Crippen molar-refractivity contribution >= 4 is 45.2 Å². The Morgan fingerprint density at radius 1 is 0.605 bits per heavy atom. The summed E-state index contributed by atoms with van der Waals surface area (Å²) in [6.07, 6.45) is 20.3. The van der Waals surface area contributed by atoms with E-state index in [0.29, 0.717) is 0 Å². The van der Waals surface area contributed by atoms with Crippen molar-refractivity contribution in [2.24, 2.45) is 0 Å². The van der Waals surface area contributed by atoms with Crippen LogP contribution in [-0.4, -0.2) is 33.1 Å². The monoisotopic (exact) mass is 704 g/mol. The summed E-state index contributed by atoms with van der Waals surface area (Å²) in [5, 5.41) is 20.6. The van der Waals surface area contributed by atoms with Crippen LogP contribution in [0.15, 0.2) is 59.7 Å². The van der Waals surface area contributed by atoms with Gasteiger partial charge in [-0.2, -0.15) is 0 Å². The van der Waals surface area contributed by atoms with Gasteiger partial charge in [-0.1, -0.05) is 36.4 Å². The van der Waals surface area contributed by atoms with E-state index in [0.717, 1.165) is 0 Å². The first-order valence-corrected chi connectivity index (χ1v) is 19.7. The van der Waals surface area contributed by atoms with Crippen molar-refractivity contribution in [3.8, 4) is 0 Å². The first-order chi connectivity index (χ1) is 20.6. The molecule has 0 unspecified atom stereocenters. The molecule has 0 aliphatic heterocycles. The van der Waals surface area contributed by atoms with E-state index in [2.05, 4.69) is 13.8 Å². The van der Waals surface area contributed by atoms with Crippen LogP contribution in [0.4, 0.5) is 8.78 Å². The molecule has 0 aliphatic carbocycles. The molecule has 0 spiro atoms. The SMILES string of the molecule is C/C(=C\c1ccccc1F)C(=O)[O-].C/C(=C\c1ccccc1F)C(=O)[O-].CCCCCCC[CH2][Sn+2][CH2]CCCCCCC. The zero-order chi connectivity index (χ0) is 32.3. The number of aliphatic carboxylic acids is 2. The third-order valence-electron chi connectivity index (χ3n) is 6.61. The second kappa shape index (κ2) is 27.1. The molecule has 2 aromatic rings. The molecular weight excluding hydrogens is 653 g/mol. The van der Waals surface area contributed by atoms with Crippen LogP contribution in [0.3, 0.4) is 0 Å². The first kappa shape index (κ1) is 40.5. The number of carboxylic acid groups (broad SMARTS) is 2. The Balaban J connectivity index is 0.000000622. The predicted octanol–water partition coefficient (Wildman–Crippen LogP) is 8.21. The maximum atomic E-state index is 13.0. The van der Waals surface area contributed by atoms with Crippen molar-refractivity contribution in [2.75, 3.05) is 0 Å². The Kier molecular flexibility index (Phi) is 25.5. The molecule has 0 radical (unpaired) electrons. The van der Waals surface area contributed by atoms with Gasteiger partial charge in [0.2, 0.25) is 0 Å². The van der Waals surface area contributed by atoms with E-state index >= 15 is 0 Å².